The molecule has 0 aromatic carbocycles. The number of anilines is 1. The summed E-state index contributed by atoms with van der Waals surface area (Å²) < 4.78 is 0. The van der Waals surface area contributed by atoms with E-state index in [0.29, 0.717) is 12.6 Å². The highest BCUT2D eigenvalue weighted by Crippen LogP contribution is 2.16. The lowest BCUT2D eigenvalue weighted by molar-refractivity contribution is 0.160. The van der Waals surface area contributed by atoms with Crippen molar-refractivity contribution in [3.63, 3.8) is 0 Å². The second kappa shape index (κ2) is 6.51. The number of aromatic nitrogens is 3. The van der Waals surface area contributed by atoms with Crippen LogP contribution in [0.25, 0.3) is 0 Å². The zero-order valence-corrected chi connectivity index (χ0v) is 11.2. The molecule has 1 saturated heterocycles. The number of rotatable bonds is 5. The van der Waals surface area contributed by atoms with Gasteiger partial charge in [-0.25, -0.2) is 9.89 Å². The van der Waals surface area contributed by atoms with Crippen LogP contribution in [0.5, 0.6) is 0 Å². The van der Waals surface area contributed by atoms with E-state index in [2.05, 4.69) is 32.3 Å². The van der Waals surface area contributed by atoms with Crippen LogP contribution in [0.2, 0.25) is 0 Å². The lowest BCUT2D eigenvalue weighted by Gasteiger charge is -2.33. The summed E-state index contributed by atoms with van der Waals surface area (Å²) in [6.45, 7) is 5.13. The Morgan fingerprint density at radius 2 is 2.26 bits per heavy atom. The molecule has 0 bridgehead atoms. The van der Waals surface area contributed by atoms with Gasteiger partial charge in [0.2, 0.25) is 5.82 Å². The number of H-pyrrole nitrogens is 2. The maximum Gasteiger partial charge on any atom is 0.342 e. The monoisotopic (exact) mass is 267 g/mol. The molecule has 2 heterocycles. The third kappa shape index (κ3) is 3.92. The SMILES string of the molecule is CC1CCCCN1CCCNc1n[nH]c(=O)[nH]c1=O. The van der Waals surface area contributed by atoms with Gasteiger partial charge in [0.25, 0.3) is 5.56 Å². The summed E-state index contributed by atoms with van der Waals surface area (Å²) in [4.78, 5) is 26.8. The van der Waals surface area contributed by atoms with Crippen LogP contribution in [-0.4, -0.2) is 45.8 Å². The van der Waals surface area contributed by atoms with Crippen LogP contribution < -0.4 is 16.6 Å². The van der Waals surface area contributed by atoms with Crippen molar-refractivity contribution in [2.75, 3.05) is 25.0 Å². The number of nitrogens with one attached hydrogen (secondary N) is 3. The van der Waals surface area contributed by atoms with Gasteiger partial charge >= 0.3 is 5.69 Å². The van der Waals surface area contributed by atoms with Crippen molar-refractivity contribution >= 4 is 5.82 Å². The Morgan fingerprint density at radius 3 is 3.00 bits per heavy atom. The summed E-state index contributed by atoms with van der Waals surface area (Å²) in [6.07, 6.45) is 4.82. The summed E-state index contributed by atoms with van der Waals surface area (Å²) in [7, 11) is 0. The van der Waals surface area contributed by atoms with Gasteiger partial charge in [0.15, 0.2) is 0 Å². The van der Waals surface area contributed by atoms with E-state index in [-0.39, 0.29) is 5.82 Å². The van der Waals surface area contributed by atoms with E-state index in [9.17, 15) is 9.59 Å². The molecule has 0 aliphatic carbocycles. The zero-order chi connectivity index (χ0) is 13.7. The van der Waals surface area contributed by atoms with Gasteiger partial charge in [-0.1, -0.05) is 6.42 Å². The molecule has 1 aliphatic rings. The molecule has 3 N–H and O–H groups in total. The Labute approximate surface area is 111 Å². The van der Waals surface area contributed by atoms with Crippen molar-refractivity contribution in [3.05, 3.63) is 20.8 Å². The van der Waals surface area contributed by atoms with E-state index in [1.165, 1.54) is 25.8 Å². The van der Waals surface area contributed by atoms with E-state index in [1.54, 1.807) is 0 Å². The van der Waals surface area contributed by atoms with Gasteiger partial charge in [-0.3, -0.25) is 9.78 Å². The van der Waals surface area contributed by atoms with Crippen molar-refractivity contribution in [1.82, 2.24) is 20.1 Å². The molecule has 1 aromatic heterocycles. The highest BCUT2D eigenvalue weighted by Gasteiger charge is 2.17. The maximum absolute atomic E-state index is 11.4. The fourth-order valence-electron chi connectivity index (χ4n) is 2.45. The summed E-state index contributed by atoms with van der Waals surface area (Å²) in [5.74, 6) is 0.172. The molecular formula is C12H21N5O2. The fourth-order valence-corrected chi connectivity index (χ4v) is 2.45. The van der Waals surface area contributed by atoms with Gasteiger partial charge in [0.05, 0.1) is 0 Å². The Kier molecular flexibility index (Phi) is 4.73. The Morgan fingerprint density at radius 1 is 1.42 bits per heavy atom. The summed E-state index contributed by atoms with van der Waals surface area (Å²) in [5.41, 5.74) is -1.06. The highest BCUT2D eigenvalue weighted by atomic mass is 16.2. The molecule has 1 aliphatic heterocycles. The van der Waals surface area contributed by atoms with Crippen LogP contribution >= 0.6 is 0 Å². The van der Waals surface area contributed by atoms with E-state index >= 15 is 0 Å². The molecule has 0 radical (unpaired) electrons. The van der Waals surface area contributed by atoms with Crippen molar-refractivity contribution < 1.29 is 0 Å². The van der Waals surface area contributed by atoms with Crippen LogP contribution in [0.15, 0.2) is 9.59 Å². The molecule has 2 rings (SSSR count). The fraction of sp³-hybridized carbons (Fsp3) is 0.750. The first-order valence-corrected chi connectivity index (χ1v) is 6.84. The van der Waals surface area contributed by atoms with E-state index in [4.69, 9.17) is 0 Å². The Hall–Kier alpha value is -1.63. The van der Waals surface area contributed by atoms with Crippen LogP contribution in [0.3, 0.4) is 0 Å². The number of aromatic amines is 2. The highest BCUT2D eigenvalue weighted by molar-refractivity contribution is 5.28. The maximum atomic E-state index is 11.4. The third-order valence-corrected chi connectivity index (χ3v) is 3.57. The Bertz CT molecular complexity index is 509. The van der Waals surface area contributed by atoms with Crippen LogP contribution in [0, 0.1) is 0 Å². The van der Waals surface area contributed by atoms with E-state index in [0.717, 1.165) is 13.0 Å². The quantitative estimate of drug-likeness (QED) is 0.660. The van der Waals surface area contributed by atoms with Crippen LogP contribution in [0.1, 0.15) is 32.6 Å². The summed E-state index contributed by atoms with van der Waals surface area (Å²) >= 11 is 0. The molecule has 19 heavy (non-hydrogen) atoms. The van der Waals surface area contributed by atoms with Gasteiger partial charge in [0, 0.05) is 19.1 Å². The molecule has 1 atom stereocenters. The zero-order valence-electron chi connectivity index (χ0n) is 11.2. The number of hydrogen-bond acceptors (Lipinski definition) is 5. The molecule has 0 saturated carbocycles. The van der Waals surface area contributed by atoms with Gasteiger partial charge in [-0.2, -0.15) is 0 Å². The first kappa shape index (κ1) is 13.8. The number of piperidine rings is 1. The normalized spacial score (nSPS) is 20.4. The standard InChI is InChI=1S/C12H21N5O2/c1-9-5-2-3-7-17(9)8-4-6-13-10-11(18)14-12(19)16-15-10/h9H,2-8H2,1H3,(H,13,15)(H2,14,16,18,19). The molecule has 7 nitrogen and oxygen atoms in total. The second-order valence-electron chi connectivity index (χ2n) is 5.02. The minimum absolute atomic E-state index is 0.172. The first-order valence-electron chi connectivity index (χ1n) is 6.84. The smallest absolute Gasteiger partial charge is 0.342 e. The van der Waals surface area contributed by atoms with E-state index in [1.807, 2.05) is 0 Å². The number of likely N-dealkylation sites (tertiary alicyclic amines) is 1. The summed E-state index contributed by atoms with van der Waals surface area (Å²) in [5, 5.41) is 8.82. The van der Waals surface area contributed by atoms with Gasteiger partial charge in [-0.15, -0.1) is 5.10 Å². The first-order chi connectivity index (χ1) is 9.16. The van der Waals surface area contributed by atoms with Crippen LogP contribution in [-0.2, 0) is 0 Å². The minimum atomic E-state index is -0.585. The molecule has 1 unspecified atom stereocenters. The number of nitrogens with zero attached hydrogens (tertiary/aromatic N) is 2. The van der Waals surface area contributed by atoms with E-state index < -0.39 is 11.2 Å². The van der Waals surface area contributed by atoms with Gasteiger partial charge < -0.3 is 10.2 Å². The van der Waals surface area contributed by atoms with Crippen molar-refractivity contribution in [1.29, 1.82) is 0 Å². The molecular weight excluding hydrogens is 246 g/mol. The predicted octanol–water partition coefficient (Wildman–Crippen LogP) is 0.135. The molecule has 1 aromatic rings. The average molecular weight is 267 g/mol. The van der Waals surface area contributed by atoms with Gasteiger partial charge in [-0.05, 0) is 32.7 Å². The van der Waals surface area contributed by atoms with Crippen LogP contribution in [0.4, 0.5) is 5.82 Å². The Balaban J connectivity index is 1.74. The minimum Gasteiger partial charge on any atom is -0.364 e. The third-order valence-electron chi connectivity index (χ3n) is 3.57. The molecule has 7 heteroatoms. The van der Waals surface area contributed by atoms with Crippen molar-refractivity contribution in [2.45, 2.75) is 38.6 Å². The summed E-state index contributed by atoms with van der Waals surface area (Å²) in [6, 6.07) is 0.656. The van der Waals surface area contributed by atoms with Crippen molar-refractivity contribution in [3.8, 4) is 0 Å². The lowest BCUT2D eigenvalue weighted by Crippen LogP contribution is -2.38. The second-order valence-corrected chi connectivity index (χ2v) is 5.02. The van der Waals surface area contributed by atoms with Crippen molar-refractivity contribution in [2.24, 2.45) is 0 Å². The molecule has 106 valence electrons. The average Bonchev–Trinajstić information content (AvgIpc) is 2.38. The lowest BCUT2D eigenvalue weighted by atomic mass is 10.0. The number of hydrogen-bond donors (Lipinski definition) is 3. The molecule has 1 fully saturated rings. The predicted molar refractivity (Wildman–Crippen MR) is 73.5 cm³/mol. The topological polar surface area (TPSA) is 93.9 Å². The largest absolute Gasteiger partial charge is 0.364 e. The molecule has 0 amide bonds. The van der Waals surface area contributed by atoms with Gasteiger partial charge in [0.1, 0.15) is 0 Å². The molecule has 0 spiro atoms.